The first-order valence-electron chi connectivity index (χ1n) is 10.9. The number of hydrogen-bond donors (Lipinski definition) is 0. The van der Waals surface area contributed by atoms with E-state index in [4.69, 9.17) is 0 Å². The molecule has 0 bridgehead atoms. The van der Waals surface area contributed by atoms with Crippen LogP contribution in [0.5, 0.6) is 0 Å². The SMILES string of the molecule is CCCCCCCCCP(=[Se])(CCc1ccccc1)CCc1ccccc1. The van der Waals surface area contributed by atoms with E-state index in [1.807, 2.05) is 0 Å². The van der Waals surface area contributed by atoms with E-state index in [1.165, 1.54) is 87.4 Å². The first-order valence-corrected chi connectivity index (χ1v) is 15.4. The molecule has 0 heterocycles. The van der Waals surface area contributed by atoms with Crippen molar-refractivity contribution >= 4 is 20.6 Å². The molecule has 0 aliphatic rings. The molecule has 0 aliphatic carbocycles. The zero-order valence-corrected chi connectivity index (χ0v) is 19.7. The van der Waals surface area contributed by atoms with Crippen LogP contribution < -0.4 is 0 Å². The van der Waals surface area contributed by atoms with Crippen LogP contribution in [0.25, 0.3) is 0 Å². The van der Waals surface area contributed by atoms with Crippen LogP contribution in [0.2, 0.25) is 0 Å². The van der Waals surface area contributed by atoms with E-state index in [0.29, 0.717) is 0 Å². The zero-order chi connectivity index (χ0) is 19.2. The second-order valence-corrected chi connectivity index (χ2v) is 16.2. The fraction of sp³-hybridized carbons (Fsp3) is 0.520. The first-order chi connectivity index (χ1) is 13.2. The standard InChI is InChI=1S/C25H37PSe/c1-2-3-4-5-6-7-14-21-26(27,22-19-24-15-10-8-11-16-24)23-20-25-17-12-9-13-18-25/h8-13,15-18H,2-7,14,19-23H2,1H3. The van der Waals surface area contributed by atoms with Gasteiger partial charge >= 0.3 is 176 Å². The van der Waals surface area contributed by atoms with Gasteiger partial charge in [0.1, 0.15) is 0 Å². The normalized spacial score (nSPS) is 11.6. The van der Waals surface area contributed by atoms with Gasteiger partial charge in [-0.3, -0.25) is 0 Å². The Morgan fingerprint density at radius 3 is 1.52 bits per heavy atom. The van der Waals surface area contributed by atoms with Crippen LogP contribution in [-0.4, -0.2) is 33.6 Å². The van der Waals surface area contributed by atoms with Crippen molar-refractivity contribution < 1.29 is 0 Å². The number of unbranched alkanes of at least 4 members (excludes halogenated alkanes) is 6. The average molecular weight is 448 g/mol. The predicted octanol–water partition coefficient (Wildman–Crippen LogP) is 7.32. The Balaban J connectivity index is 1.83. The summed E-state index contributed by atoms with van der Waals surface area (Å²) >= 11 is 3.75. The maximum atomic E-state index is 3.75. The molecule has 2 aromatic rings. The molecule has 0 aromatic heterocycles. The van der Waals surface area contributed by atoms with E-state index < -0.39 is 5.51 Å². The second kappa shape index (κ2) is 13.5. The number of hydrogen-bond acceptors (Lipinski definition) is 0. The first kappa shape index (κ1) is 22.7. The van der Waals surface area contributed by atoms with Gasteiger partial charge in [-0.1, -0.05) is 0 Å². The Hall–Kier alpha value is -0.611. The molecule has 0 amide bonds. The van der Waals surface area contributed by atoms with Gasteiger partial charge in [0.05, 0.1) is 0 Å². The van der Waals surface area contributed by atoms with E-state index >= 15 is 0 Å². The van der Waals surface area contributed by atoms with Crippen LogP contribution in [0.1, 0.15) is 63.0 Å². The molecule has 0 saturated carbocycles. The zero-order valence-electron chi connectivity index (χ0n) is 17.1. The van der Waals surface area contributed by atoms with E-state index in [1.54, 1.807) is 0 Å². The summed E-state index contributed by atoms with van der Waals surface area (Å²) in [6.07, 6.45) is 16.5. The third-order valence-electron chi connectivity index (χ3n) is 5.47. The summed E-state index contributed by atoms with van der Waals surface area (Å²) in [5.41, 5.74) is 2.01. The molecule has 0 fully saturated rings. The molecule has 0 radical (unpaired) electrons. The van der Waals surface area contributed by atoms with Crippen molar-refractivity contribution in [3.8, 4) is 0 Å². The Morgan fingerprint density at radius 1 is 0.593 bits per heavy atom. The Morgan fingerprint density at radius 2 is 1.04 bits per heavy atom. The van der Waals surface area contributed by atoms with Gasteiger partial charge in [-0.05, 0) is 0 Å². The van der Waals surface area contributed by atoms with Crippen molar-refractivity contribution in [1.29, 1.82) is 0 Å². The van der Waals surface area contributed by atoms with Gasteiger partial charge in [0, 0.05) is 0 Å². The molecule has 2 heteroatoms. The molecule has 0 N–H and O–H groups in total. The van der Waals surface area contributed by atoms with Crippen molar-refractivity contribution in [3.63, 3.8) is 0 Å². The number of aryl methyl sites for hydroxylation is 2. The summed E-state index contributed by atoms with van der Waals surface area (Å²) in [5.74, 6) is 0. The summed E-state index contributed by atoms with van der Waals surface area (Å²) in [6.45, 7) is 2.30. The fourth-order valence-electron chi connectivity index (χ4n) is 3.65. The molecule has 27 heavy (non-hydrogen) atoms. The quantitative estimate of drug-likeness (QED) is 0.162. The topological polar surface area (TPSA) is 0 Å². The van der Waals surface area contributed by atoms with Crippen molar-refractivity contribution in [1.82, 2.24) is 0 Å². The van der Waals surface area contributed by atoms with Crippen LogP contribution >= 0.6 is 5.51 Å². The van der Waals surface area contributed by atoms with Gasteiger partial charge < -0.3 is 0 Å². The van der Waals surface area contributed by atoms with Crippen molar-refractivity contribution in [3.05, 3.63) is 71.8 Å². The van der Waals surface area contributed by atoms with Crippen molar-refractivity contribution in [2.75, 3.05) is 18.5 Å². The molecule has 2 aromatic carbocycles. The van der Waals surface area contributed by atoms with Crippen molar-refractivity contribution in [2.45, 2.75) is 64.7 Å². The van der Waals surface area contributed by atoms with Crippen LogP contribution in [0.15, 0.2) is 60.7 Å². The minimum atomic E-state index is -0.987. The molecule has 0 aliphatic heterocycles. The van der Waals surface area contributed by atoms with Crippen molar-refractivity contribution in [2.24, 2.45) is 0 Å². The molecule has 148 valence electrons. The Kier molecular flexibility index (Phi) is 11.4. The summed E-state index contributed by atoms with van der Waals surface area (Å²) < 4.78 is 0. The van der Waals surface area contributed by atoms with Crippen LogP contribution in [-0.2, 0) is 12.8 Å². The molecular weight excluding hydrogens is 410 g/mol. The van der Waals surface area contributed by atoms with Crippen LogP contribution in [0.3, 0.4) is 0 Å². The van der Waals surface area contributed by atoms with Gasteiger partial charge in [0.25, 0.3) is 0 Å². The van der Waals surface area contributed by atoms with Gasteiger partial charge in [-0.15, -0.1) is 0 Å². The summed E-state index contributed by atoms with van der Waals surface area (Å²) in [4.78, 5) is 0. The third kappa shape index (κ3) is 9.94. The van der Waals surface area contributed by atoms with E-state index in [9.17, 15) is 0 Å². The molecule has 0 unspecified atom stereocenters. The second-order valence-electron chi connectivity index (χ2n) is 7.82. The molecule has 0 spiro atoms. The Labute approximate surface area is 175 Å². The van der Waals surface area contributed by atoms with E-state index in [0.717, 1.165) is 0 Å². The summed E-state index contributed by atoms with van der Waals surface area (Å²) in [6, 6.07) is 22.1. The molecule has 0 atom stereocenters. The summed E-state index contributed by atoms with van der Waals surface area (Å²) in [5, 5.41) is 0. The average Bonchev–Trinajstić information content (AvgIpc) is 2.72. The molecule has 0 nitrogen and oxygen atoms in total. The van der Waals surface area contributed by atoms with Crippen LogP contribution in [0, 0.1) is 0 Å². The van der Waals surface area contributed by atoms with Gasteiger partial charge in [-0.25, -0.2) is 0 Å². The van der Waals surface area contributed by atoms with E-state index in [-0.39, 0.29) is 0 Å². The van der Waals surface area contributed by atoms with Gasteiger partial charge in [-0.2, -0.15) is 0 Å². The monoisotopic (exact) mass is 448 g/mol. The van der Waals surface area contributed by atoms with Gasteiger partial charge in [0.2, 0.25) is 0 Å². The van der Waals surface area contributed by atoms with Crippen LogP contribution in [0.4, 0.5) is 0 Å². The molecule has 0 saturated heterocycles. The maximum absolute atomic E-state index is 3.75. The molecule has 2 rings (SSSR count). The van der Waals surface area contributed by atoms with Gasteiger partial charge in [0.15, 0.2) is 0 Å². The number of rotatable bonds is 14. The minimum absolute atomic E-state index is 0.987. The Bertz CT molecular complexity index is 603. The fourth-order valence-corrected chi connectivity index (χ4v) is 8.41. The molecular formula is C25H37PSe. The van der Waals surface area contributed by atoms with E-state index in [2.05, 4.69) is 82.7 Å². The third-order valence-corrected chi connectivity index (χ3v) is 12.1. The predicted molar refractivity (Wildman–Crippen MR) is 126 cm³/mol. The summed E-state index contributed by atoms with van der Waals surface area (Å²) in [7, 11) is 0. The number of benzene rings is 2.